The maximum absolute atomic E-state index is 11.3. The number of unbranched alkanes of at least 4 members (excludes halogenated alkanes) is 1. The van der Waals surface area contributed by atoms with Gasteiger partial charge in [-0.25, -0.2) is 0 Å². The van der Waals surface area contributed by atoms with Gasteiger partial charge in [0.15, 0.2) is 0 Å². The number of aliphatic carboxylic acids is 2. The standard InChI is InChI=1S/C16H24N2O4/c17-11-5-4-8-13(15(19)20)18-14(16(21)22)10-9-12-6-2-1-3-7-12/h1-3,6-7,13-14,18H,4-5,8-11,17H2,(H,19,20)(H,21,22)/t13-,14+/m0/s1. The van der Waals surface area contributed by atoms with Crippen LogP contribution in [0.4, 0.5) is 0 Å². The molecule has 0 heterocycles. The van der Waals surface area contributed by atoms with Crippen LogP contribution >= 0.6 is 0 Å². The Bertz CT molecular complexity index is 464. The number of hydrogen-bond donors (Lipinski definition) is 4. The molecule has 0 spiro atoms. The molecule has 0 aliphatic carbocycles. The lowest BCUT2D eigenvalue weighted by molar-refractivity contribution is -0.142. The molecule has 1 aromatic rings. The van der Waals surface area contributed by atoms with Crippen LogP contribution in [0.15, 0.2) is 30.3 Å². The van der Waals surface area contributed by atoms with Gasteiger partial charge < -0.3 is 15.9 Å². The zero-order chi connectivity index (χ0) is 16.4. The molecule has 0 bridgehead atoms. The average Bonchev–Trinajstić information content (AvgIpc) is 2.50. The Morgan fingerprint density at radius 1 is 1.00 bits per heavy atom. The lowest BCUT2D eigenvalue weighted by Crippen LogP contribution is -2.47. The molecule has 0 unspecified atom stereocenters. The number of nitrogens with one attached hydrogen (secondary N) is 1. The monoisotopic (exact) mass is 308 g/mol. The van der Waals surface area contributed by atoms with Crippen molar-refractivity contribution in [2.24, 2.45) is 5.73 Å². The lowest BCUT2D eigenvalue weighted by Gasteiger charge is -2.20. The number of benzene rings is 1. The minimum absolute atomic E-state index is 0.347. The number of aryl methyl sites for hydroxylation is 1. The number of carboxylic acid groups (broad SMARTS) is 2. The van der Waals surface area contributed by atoms with E-state index >= 15 is 0 Å². The maximum atomic E-state index is 11.3. The van der Waals surface area contributed by atoms with E-state index in [-0.39, 0.29) is 0 Å². The summed E-state index contributed by atoms with van der Waals surface area (Å²) in [7, 11) is 0. The van der Waals surface area contributed by atoms with Crippen LogP contribution in [-0.2, 0) is 16.0 Å². The van der Waals surface area contributed by atoms with Crippen LogP contribution in [0.25, 0.3) is 0 Å². The van der Waals surface area contributed by atoms with Crippen LogP contribution in [0.3, 0.4) is 0 Å². The van der Waals surface area contributed by atoms with E-state index < -0.39 is 24.0 Å². The highest BCUT2D eigenvalue weighted by molar-refractivity contribution is 5.77. The van der Waals surface area contributed by atoms with Gasteiger partial charge in [0.2, 0.25) is 0 Å². The Morgan fingerprint density at radius 2 is 1.59 bits per heavy atom. The van der Waals surface area contributed by atoms with Crippen molar-refractivity contribution in [3.63, 3.8) is 0 Å². The molecule has 0 radical (unpaired) electrons. The molecule has 0 saturated heterocycles. The molecule has 0 aliphatic heterocycles. The molecule has 6 heteroatoms. The van der Waals surface area contributed by atoms with Crippen molar-refractivity contribution in [3.05, 3.63) is 35.9 Å². The molecular formula is C16H24N2O4. The van der Waals surface area contributed by atoms with E-state index in [0.717, 1.165) is 12.0 Å². The number of hydrogen-bond acceptors (Lipinski definition) is 4. The van der Waals surface area contributed by atoms with E-state index in [1.165, 1.54) is 0 Å². The van der Waals surface area contributed by atoms with Crippen molar-refractivity contribution in [1.82, 2.24) is 5.32 Å². The fourth-order valence-electron chi connectivity index (χ4n) is 2.25. The third kappa shape index (κ3) is 6.69. The van der Waals surface area contributed by atoms with Crippen LogP contribution in [-0.4, -0.2) is 40.8 Å². The Labute approximate surface area is 130 Å². The molecular weight excluding hydrogens is 284 g/mol. The van der Waals surface area contributed by atoms with Crippen molar-refractivity contribution in [2.75, 3.05) is 6.54 Å². The second-order valence-corrected chi connectivity index (χ2v) is 5.26. The summed E-state index contributed by atoms with van der Waals surface area (Å²) in [4.78, 5) is 22.6. The Kier molecular flexibility index (Phi) is 8.17. The highest BCUT2D eigenvalue weighted by Crippen LogP contribution is 2.08. The number of nitrogens with two attached hydrogens (primary N) is 1. The molecule has 6 nitrogen and oxygen atoms in total. The zero-order valence-corrected chi connectivity index (χ0v) is 12.6. The van der Waals surface area contributed by atoms with Crippen molar-refractivity contribution in [1.29, 1.82) is 0 Å². The summed E-state index contributed by atoms with van der Waals surface area (Å²) in [6, 6.07) is 7.80. The highest BCUT2D eigenvalue weighted by Gasteiger charge is 2.25. The summed E-state index contributed by atoms with van der Waals surface area (Å²) in [6.07, 6.45) is 2.69. The van der Waals surface area contributed by atoms with E-state index in [1.54, 1.807) is 0 Å². The van der Waals surface area contributed by atoms with Gasteiger partial charge in [0.25, 0.3) is 0 Å². The van der Waals surface area contributed by atoms with E-state index in [9.17, 15) is 19.8 Å². The summed E-state index contributed by atoms with van der Waals surface area (Å²) in [5, 5.41) is 21.2. The third-order valence-corrected chi connectivity index (χ3v) is 3.51. The van der Waals surface area contributed by atoms with Gasteiger partial charge in [-0.05, 0) is 37.8 Å². The molecule has 0 aromatic heterocycles. The summed E-state index contributed by atoms with van der Waals surface area (Å²) in [6.45, 7) is 0.503. The summed E-state index contributed by atoms with van der Waals surface area (Å²) >= 11 is 0. The SMILES string of the molecule is NCCCC[C@H](N[C@H](CCc1ccccc1)C(=O)O)C(=O)O. The molecule has 22 heavy (non-hydrogen) atoms. The van der Waals surface area contributed by atoms with Crippen molar-refractivity contribution >= 4 is 11.9 Å². The summed E-state index contributed by atoms with van der Waals surface area (Å²) in [5.74, 6) is -2.05. The van der Waals surface area contributed by atoms with Crippen molar-refractivity contribution in [2.45, 2.75) is 44.2 Å². The third-order valence-electron chi connectivity index (χ3n) is 3.51. The molecule has 0 aliphatic rings. The summed E-state index contributed by atoms with van der Waals surface area (Å²) in [5.41, 5.74) is 6.42. The highest BCUT2D eigenvalue weighted by atomic mass is 16.4. The van der Waals surface area contributed by atoms with Crippen molar-refractivity contribution < 1.29 is 19.8 Å². The number of carboxylic acids is 2. The first kappa shape index (κ1) is 18.1. The smallest absolute Gasteiger partial charge is 0.320 e. The minimum atomic E-state index is -1.03. The largest absolute Gasteiger partial charge is 0.480 e. The number of rotatable bonds is 11. The minimum Gasteiger partial charge on any atom is -0.480 e. The molecule has 1 rings (SSSR count). The van der Waals surface area contributed by atoms with E-state index in [2.05, 4.69) is 5.32 Å². The first-order valence-corrected chi connectivity index (χ1v) is 7.50. The molecule has 0 amide bonds. The zero-order valence-electron chi connectivity index (χ0n) is 12.6. The summed E-state index contributed by atoms with van der Waals surface area (Å²) < 4.78 is 0. The normalized spacial score (nSPS) is 13.5. The fourth-order valence-corrected chi connectivity index (χ4v) is 2.25. The van der Waals surface area contributed by atoms with Crippen molar-refractivity contribution in [3.8, 4) is 0 Å². The van der Waals surface area contributed by atoms with E-state index in [1.807, 2.05) is 30.3 Å². The number of carbonyl (C=O) groups is 2. The van der Waals surface area contributed by atoms with Crippen LogP contribution in [0.1, 0.15) is 31.2 Å². The van der Waals surface area contributed by atoms with Crippen LogP contribution < -0.4 is 11.1 Å². The molecule has 0 saturated carbocycles. The Morgan fingerprint density at radius 3 is 2.14 bits per heavy atom. The molecule has 0 fully saturated rings. The second kappa shape index (κ2) is 9.92. The first-order valence-electron chi connectivity index (χ1n) is 7.50. The quantitative estimate of drug-likeness (QED) is 0.458. The first-order chi connectivity index (χ1) is 10.5. The molecule has 2 atom stereocenters. The van der Waals surface area contributed by atoms with Gasteiger partial charge in [-0.15, -0.1) is 0 Å². The predicted molar refractivity (Wildman–Crippen MR) is 83.7 cm³/mol. The van der Waals surface area contributed by atoms with Gasteiger partial charge in [0, 0.05) is 0 Å². The van der Waals surface area contributed by atoms with Gasteiger partial charge >= 0.3 is 11.9 Å². The van der Waals surface area contributed by atoms with E-state index in [0.29, 0.717) is 32.2 Å². The topological polar surface area (TPSA) is 113 Å². The van der Waals surface area contributed by atoms with Gasteiger partial charge in [-0.3, -0.25) is 14.9 Å². The van der Waals surface area contributed by atoms with E-state index in [4.69, 9.17) is 5.73 Å². The van der Waals surface area contributed by atoms with Gasteiger partial charge in [-0.1, -0.05) is 36.8 Å². The second-order valence-electron chi connectivity index (χ2n) is 5.26. The van der Waals surface area contributed by atoms with Crippen LogP contribution in [0.5, 0.6) is 0 Å². The fraction of sp³-hybridized carbons (Fsp3) is 0.500. The van der Waals surface area contributed by atoms with Gasteiger partial charge in [0.1, 0.15) is 12.1 Å². The maximum Gasteiger partial charge on any atom is 0.320 e. The molecule has 122 valence electrons. The van der Waals surface area contributed by atoms with Gasteiger partial charge in [0.05, 0.1) is 0 Å². The Hall–Kier alpha value is -1.92. The van der Waals surface area contributed by atoms with Crippen LogP contribution in [0.2, 0.25) is 0 Å². The van der Waals surface area contributed by atoms with Gasteiger partial charge in [-0.2, -0.15) is 0 Å². The lowest BCUT2D eigenvalue weighted by atomic mass is 10.0. The Balaban J connectivity index is 2.57. The molecule has 5 N–H and O–H groups in total. The molecule has 1 aromatic carbocycles. The predicted octanol–water partition coefficient (Wildman–Crippen LogP) is 1.24. The van der Waals surface area contributed by atoms with Crippen LogP contribution in [0, 0.1) is 0 Å². The average molecular weight is 308 g/mol.